The van der Waals surface area contributed by atoms with E-state index < -0.39 is 23.2 Å². The summed E-state index contributed by atoms with van der Waals surface area (Å²) in [4.78, 5) is 36.9. The molecule has 0 bridgehead atoms. The van der Waals surface area contributed by atoms with E-state index in [-0.39, 0.29) is 18.0 Å². The molecule has 1 atom stereocenters. The lowest BCUT2D eigenvalue weighted by atomic mass is 9.95. The van der Waals surface area contributed by atoms with Gasteiger partial charge in [0.2, 0.25) is 0 Å². The molecule has 1 aliphatic rings. The zero-order valence-electron chi connectivity index (χ0n) is 13.6. The minimum Gasteiger partial charge on any atom is -0.480 e. The van der Waals surface area contributed by atoms with E-state index in [1.165, 1.54) is 24.0 Å². The number of hydrogen-bond donors (Lipinski definition) is 3. The average Bonchev–Trinajstić information content (AvgIpc) is 2.94. The van der Waals surface area contributed by atoms with Gasteiger partial charge < -0.3 is 15.7 Å². The predicted octanol–water partition coefficient (Wildman–Crippen LogP) is 1.73. The molecule has 2 rings (SSSR count). The molecule has 0 saturated carbocycles. The quantitative estimate of drug-likeness (QED) is 0.736. The standard InChI is InChI=1S/C16H20FN3O4/c1-3-6-16(2,14(22)23)19-13(21)11-9-10(4-5-12(11)17)20-8-7-18-15(20)24/h4-5,9H,3,6-8H2,1-2H3,(H,18,24)(H,19,21)(H,22,23). The van der Waals surface area contributed by atoms with Crippen LogP contribution >= 0.6 is 0 Å². The summed E-state index contributed by atoms with van der Waals surface area (Å²) < 4.78 is 14.0. The summed E-state index contributed by atoms with van der Waals surface area (Å²) in [6.45, 7) is 4.05. The van der Waals surface area contributed by atoms with Crippen molar-refractivity contribution in [2.45, 2.75) is 32.2 Å². The van der Waals surface area contributed by atoms with Crippen LogP contribution < -0.4 is 15.5 Å². The fourth-order valence-electron chi connectivity index (χ4n) is 2.61. The van der Waals surface area contributed by atoms with Crippen molar-refractivity contribution in [3.8, 4) is 0 Å². The van der Waals surface area contributed by atoms with Crippen LogP contribution in [0.5, 0.6) is 0 Å². The maximum Gasteiger partial charge on any atom is 0.329 e. The Kier molecular flexibility index (Phi) is 5.06. The maximum absolute atomic E-state index is 14.0. The number of hydrogen-bond acceptors (Lipinski definition) is 3. The summed E-state index contributed by atoms with van der Waals surface area (Å²) in [7, 11) is 0. The SMILES string of the molecule is CCCC(C)(NC(=O)c1cc(N2CCNC2=O)ccc1F)C(=O)O. The summed E-state index contributed by atoms with van der Waals surface area (Å²) in [6.07, 6.45) is 0.753. The number of carbonyl (C=O) groups excluding carboxylic acids is 2. The molecule has 3 amide bonds. The minimum absolute atomic E-state index is 0.212. The largest absolute Gasteiger partial charge is 0.480 e. The third kappa shape index (κ3) is 3.47. The van der Waals surface area contributed by atoms with Crippen molar-refractivity contribution in [2.24, 2.45) is 0 Å². The van der Waals surface area contributed by atoms with Gasteiger partial charge in [-0.05, 0) is 31.5 Å². The van der Waals surface area contributed by atoms with Gasteiger partial charge in [-0.2, -0.15) is 0 Å². The van der Waals surface area contributed by atoms with Crippen molar-refractivity contribution in [1.82, 2.24) is 10.6 Å². The van der Waals surface area contributed by atoms with Crippen LogP contribution in [0.4, 0.5) is 14.9 Å². The smallest absolute Gasteiger partial charge is 0.329 e. The zero-order chi connectivity index (χ0) is 17.9. The van der Waals surface area contributed by atoms with Gasteiger partial charge in [0.1, 0.15) is 11.4 Å². The molecular weight excluding hydrogens is 317 g/mol. The van der Waals surface area contributed by atoms with Crippen molar-refractivity contribution < 1.29 is 23.9 Å². The number of nitrogens with one attached hydrogen (secondary N) is 2. The molecule has 0 spiro atoms. The summed E-state index contributed by atoms with van der Waals surface area (Å²) in [5, 5.41) is 14.3. The van der Waals surface area contributed by atoms with E-state index in [2.05, 4.69) is 10.6 Å². The summed E-state index contributed by atoms with van der Waals surface area (Å²) in [6, 6.07) is 3.42. The summed E-state index contributed by atoms with van der Waals surface area (Å²) in [5.74, 6) is -2.79. The highest BCUT2D eigenvalue weighted by molar-refractivity contribution is 6.00. The van der Waals surface area contributed by atoms with Crippen LogP contribution in [0.3, 0.4) is 0 Å². The number of nitrogens with zero attached hydrogens (tertiary/aromatic N) is 1. The van der Waals surface area contributed by atoms with Crippen LogP contribution in [-0.4, -0.2) is 41.6 Å². The van der Waals surface area contributed by atoms with Crippen molar-refractivity contribution in [3.05, 3.63) is 29.6 Å². The van der Waals surface area contributed by atoms with E-state index in [1.807, 2.05) is 0 Å². The average molecular weight is 337 g/mol. The van der Waals surface area contributed by atoms with Gasteiger partial charge in [0, 0.05) is 18.8 Å². The van der Waals surface area contributed by atoms with Crippen LogP contribution in [0.15, 0.2) is 18.2 Å². The van der Waals surface area contributed by atoms with Gasteiger partial charge in [-0.1, -0.05) is 13.3 Å². The third-order valence-electron chi connectivity index (χ3n) is 3.97. The zero-order valence-corrected chi connectivity index (χ0v) is 13.6. The number of aliphatic carboxylic acids is 1. The highest BCUT2D eigenvalue weighted by Crippen LogP contribution is 2.22. The Hall–Kier alpha value is -2.64. The van der Waals surface area contributed by atoms with Crippen LogP contribution in [0.2, 0.25) is 0 Å². The monoisotopic (exact) mass is 337 g/mol. The lowest BCUT2D eigenvalue weighted by Gasteiger charge is -2.26. The molecule has 1 fully saturated rings. The summed E-state index contributed by atoms with van der Waals surface area (Å²) >= 11 is 0. The van der Waals surface area contributed by atoms with E-state index in [1.54, 1.807) is 6.92 Å². The molecule has 1 aromatic rings. The Morgan fingerprint density at radius 2 is 2.17 bits per heavy atom. The van der Waals surface area contributed by atoms with E-state index in [9.17, 15) is 23.9 Å². The second-order valence-corrected chi connectivity index (χ2v) is 5.89. The third-order valence-corrected chi connectivity index (χ3v) is 3.97. The number of carboxylic acids is 1. The topological polar surface area (TPSA) is 98.7 Å². The molecule has 130 valence electrons. The number of benzene rings is 1. The van der Waals surface area contributed by atoms with Crippen LogP contribution in [0, 0.1) is 5.82 Å². The first-order valence-corrected chi connectivity index (χ1v) is 7.69. The number of amides is 3. The molecule has 0 aromatic heterocycles. The van der Waals surface area contributed by atoms with Gasteiger partial charge in [0.05, 0.1) is 5.56 Å². The molecule has 3 N–H and O–H groups in total. The van der Waals surface area contributed by atoms with E-state index in [0.717, 1.165) is 6.07 Å². The van der Waals surface area contributed by atoms with Crippen molar-refractivity contribution in [3.63, 3.8) is 0 Å². The first-order chi connectivity index (χ1) is 11.3. The van der Waals surface area contributed by atoms with Crippen molar-refractivity contribution >= 4 is 23.6 Å². The Labute approximate surface area is 138 Å². The molecule has 1 aromatic carbocycles. The fraction of sp³-hybridized carbons (Fsp3) is 0.438. The number of halogens is 1. The van der Waals surface area contributed by atoms with E-state index >= 15 is 0 Å². The molecule has 24 heavy (non-hydrogen) atoms. The molecule has 1 heterocycles. The molecule has 7 nitrogen and oxygen atoms in total. The predicted molar refractivity (Wildman–Crippen MR) is 85.6 cm³/mol. The van der Waals surface area contributed by atoms with Gasteiger partial charge in [-0.25, -0.2) is 14.0 Å². The number of carboxylic acid groups (broad SMARTS) is 1. The van der Waals surface area contributed by atoms with Crippen LogP contribution in [0.1, 0.15) is 37.0 Å². The number of carbonyl (C=O) groups is 3. The van der Waals surface area contributed by atoms with E-state index in [0.29, 0.717) is 25.2 Å². The highest BCUT2D eigenvalue weighted by Gasteiger charge is 2.35. The molecule has 0 aliphatic carbocycles. The molecule has 8 heteroatoms. The maximum atomic E-state index is 14.0. The van der Waals surface area contributed by atoms with Crippen LogP contribution in [-0.2, 0) is 4.79 Å². The molecule has 1 saturated heterocycles. The summed E-state index contributed by atoms with van der Waals surface area (Å²) in [5.41, 5.74) is -1.40. The number of urea groups is 1. The molecule has 0 radical (unpaired) electrons. The highest BCUT2D eigenvalue weighted by atomic mass is 19.1. The van der Waals surface area contributed by atoms with Gasteiger partial charge in [0.25, 0.3) is 5.91 Å². The lowest BCUT2D eigenvalue weighted by molar-refractivity contribution is -0.144. The van der Waals surface area contributed by atoms with Gasteiger partial charge in [-0.3, -0.25) is 9.69 Å². The van der Waals surface area contributed by atoms with Gasteiger partial charge in [0.15, 0.2) is 0 Å². The fourth-order valence-corrected chi connectivity index (χ4v) is 2.61. The van der Waals surface area contributed by atoms with Crippen LogP contribution in [0.25, 0.3) is 0 Å². The molecular formula is C16H20FN3O4. The normalized spacial score (nSPS) is 16.5. The van der Waals surface area contributed by atoms with Gasteiger partial charge >= 0.3 is 12.0 Å². The Balaban J connectivity index is 2.28. The Morgan fingerprint density at radius 3 is 2.71 bits per heavy atom. The molecule has 1 aliphatic heterocycles. The van der Waals surface area contributed by atoms with Crippen molar-refractivity contribution in [2.75, 3.05) is 18.0 Å². The Morgan fingerprint density at radius 1 is 1.46 bits per heavy atom. The number of anilines is 1. The lowest BCUT2D eigenvalue weighted by Crippen LogP contribution is -2.52. The minimum atomic E-state index is -1.49. The van der Waals surface area contributed by atoms with E-state index in [4.69, 9.17) is 0 Å². The first-order valence-electron chi connectivity index (χ1n) is 7.69. The second-order valence-electron chi connectivity index (χ2n) is 5.89. The first kappa shape index (κ1) is 17.7. The van der Waals surface area contributed by atoms with Gasteiger partial charge in [-0.15, -0.1) is 0 Å². The second kappa shape index (κ2) is 6.86. The number of rotatable bonds is 6. The Bertz CT molecular complexity index is 679. The van der Waals surface area contributed by atoms with Crippen molar-refractivity contribution in [1.29, 1.82) is 0 Å². The molecule has 1 unspecified atom stereocenters.